The number of rotatable bonds is 3. The standard InChI is InChI=1S/C5H4ClF3O3/c6-3(4(11)12)2(10)1-5(7,8)9/h3H,1H2,(H,11,12). The maximum absolute atomic E-state index is 11.5. The number of ketones is 1. The second-order valence-corrected chi connectivity index (χ2v) is 2.40. The van der Waals surface area contributed by atoms with Crippen molar-refractivity contribution >= 4 is 23.4 Å². The predicted molar refractivity (Wildman–Crippen MR) is 33.0 cm³/mol. The summed E-state index contributed by atoms with van der Waals surface area (Å²) in [6.45, 7) is 0. The van der Waals surface area contributed by atoms with Crippen molar-refractivity contribution in [2.75, 3.05) is 0 Å². The first-order valence-corrected chi connectivity index (χ1v) is 3.14. The lowest BCUT2D eigenvalue weighted by atomic mass is 10.2. The van der Waals surface area contributed by atoms with Crippen molar-refractivity contribution in [3.63, 3.8) is 0 Å². The molecule has 0 amide bonds. The van der Waals surface area contributed by atoms with Crippen LogP contribution in [0, 0.1) is 0 Å². The van der Waals surface area contributed by atoms with Crippen LogP contribution in [0.1, 0.15) is 6.42 Å². The van der Waals surface area contributed by atoms with E-state index in [0.717, 1.165) is 0 Å². The summed E-state index contributed by atoms with van der Waals surface area (Å²) in [5.74, 6) is -3.33. The average Bonchev–Trinajstić information content (AvgIpc) is 1.82. The van der Waals surface area contributed by atoms with E-state index in [0.29, 0.717) is 0 Å². The van der Waals surface area contributed by atoms with Gasteiger partial charge < -0.3 is 5.11 Å². The summed E-state index contributed by atoms with van der Waals surface area (Å²) in [6, 6.07) is 0. The number of alkyl halides is 4. The van der Waals surface area contributed by atoms with Gasteiger partial charge in [0.05, 0.1) is 0 Å². The molecule has 1 atom stereocenters. The number of carbonyl (C=O) groups is 2. The molecule has 0 rings (SSSR count). The highest BCUT2D eigenvalue weighted by atomic mass is 35.5. The van der Waals surface area contributed by atoms with Gasteiger partial charge in [-0.1, -0.05) is 0 Å². The molecule has 1 N–H and O–H groups in total. The van der Waals surface area contributed by atoms with Crippen LogP contribution in [0.5, 0.6) is 0 Å². The third-order valence-corrected chi connectivity index (χ3v) is 1.30. The Morgan fingerprint density at radius 2 is 1.83 bits per heavy atom. The Hall–Kier alpha value is -0.780. The molecule has 0 radical (unpaired) electrons. The number of hydrogen-bond donors (Lipinski definition) is 1. The molecule has 0 saturated carbocycles. The van der Waals surface area contributed by atoms with Crippen molar-refractivity contribution in [2.24, 2.45) is 0 Å². The van der Waals surface area contributed by atoms with E-state index < -0.39 is 29.7 Å². The minimum absolute atomic E-state index is 1.56. The van der Waals surface area contributed by atoms with E-state index in [9.17, 15) is 22.8 Å². The third kappa shape index (κ3) is 4.17. The van der Waals surface area contributed by atoms with Gasteiger partial charge in [-0.2, -0.15) is 13.2 Å². The molecule has 0 fully saturated rings. The van der Waals surface area contributed by atoms with E-state index in [2.05, 4.69) is 0 Å². The van der Waals surface area contributed by atoms with E-state index in [1.165, 1.54) is 0 Å². The summed E-state index contributed by atoms with van der Waals surface area (Å²) < 4.78 is 34.4. The summed E-state index contributed by atoms with van der Waals surface area (Å²) in [7, 11) is 0. The maximum atomic E-state index is 11.5. The lowest BCUT2D eigenvalue weighted by Crippen LogP contribution is -2.28. The number of carboxylic acid groups (broad SMARTS) is 1. The topological polar surface area (TPSA) is 54.4 Å². The minimum atomic E-state index is -4.71. The van der Waals surface area contributed by atoms with Gasteiger partial charge >= 0.3 is 12.1 Å². The lowest BCUT2D eigenvalue weighted by molar-refractivity contribution is -0.154. The normalized spacial score (nSPS) is 14.0. The van der Waals surface area contributed by atoms with Crippen molar-refractivity contribution in [1.82, 2.24) is 0 Å². The van der Waals surface area contributed by atoms with E-state index in [1.807, 2.05) is 0 Å². The zero-order valence-electron chi connectivity index (χ0n) is 5.56. The van der Waals surface area contributed by atoms with Gasteiger partial charge in [0.1, 0.15) is 6.42 Å². The Balaban J connectivity index is 4.15. The molecule has 0 aromatic carbocycles. The van der Waals surface area contributed by atoms with Crippen molar-refractivity contribution < 1.29 is 27.9 Å². The van der Waals surface area contributed by atoms with Crippen molar-refractivity contribution in [3.05, 3.63) is 0 Å². The van der Waals surface area contributed by atoms with Crippen molar-refractivity contribution in [2.45, 2.75) is 18.0 Å². The Morgan fingerprint density at radius 1 is 1.42 bits per heavy atom. The fraction of sp³-hybridized carbons (Fsp3) is 0.600. The van der Waals surface area contributed by atoms with E-state index in [-0.39, 0.29) is 0 Å². The van der Waals surface area contributed by atoms with Crippen LogP contribution < -0.4 is 0 Å². The second-order valence-electron chi connectivity index (χ2n) is 1.96. The number of carboxylic acids is 1. The molecule has 0 aliphatic carbocycles. The number of halogens is 4. The minimum Gasteiger partial charge on any atom is -0.480 e. The van der Waals surface area contributed by atoms with Gasteiger partial charge in [-0.15, -0.1) is 11.6 Å². The quantitative estimate of drug-likeness (QED) is 0.555. The highest BCUT2D eigenvalue weighted by molar-refractivity contribution is 6.40. The van der Waals surface area contributed by atoms with Crippen LogP contribution in [0.4, 0.5) is 13.2 Å². The Morgan fingerprint density at radius 3 is 2.08 bits per heavy atom. The van der Waals surface area contributed by atoms with Gasteiger partial charge in [0, 0.05) is 0 Å². The SMILES string of the molecule is O=C(O)C(Cl)C(=O)CC(F)(F)F. The molecule has 7 heteroatoms. The van der Waals surface area contributed by atoms with Crippen LogP contribution in [-0.2, 0) is 9.59 Å². The molecule has 0 heterocycles. The number of aliphatic carboxylic acids is 1. The molecule has 3 nitrogen and oxygen atoms in total. The van der Waals surface area contributed by atoms with Crippen LogP contribution in [0.2, 0.25) is 0 Å². The van der Waals surface area contributed by atoms with E-state index in [4.69, 9.17) is 16.7 Å². The van der Waals surface area contributed by atoms with Crippen molar-refractivity contribution in [3.8, 4) is 0 Å². The highest BCUT2D eigenvalue weighted by Gasteiger charge is 2.36. The summed E-state index contributed by atoms with van der Waals surface area (Å²) in [5.41, 5.74) is 0. The fourth-order valence-electron chi connectivity index (χ4n) is 0.425. The number of hydrogen-bond acceptors (Lipinski definition) is 2. The number of Topliss-reactive ketones (excluding diaryl/α,β-unsaturated/α-hetero) is 1. The molecule has 0 spiro atoms. The van der Waals surface area contributed by atoms with Crippen LogP contribution >= 0.6 is 11.6 Å². The monoisotopic (exact) mass is 204 g/mol. The second kappa shape index (κ2) is 3.75. The van der Waals surface area contributed by atoms with Gasteiger partial charge in [-0.3, -0.25) is 9.59 Å². The van der Waals surface area contributed by atoms with Gasteiger partial charge in [0.15, 0.2) is 11.2 Å². The van der Waals surface area contributed by atoms with E-state index in [1.54, 1.807) is 0 Å². The zero-order valence-corrected chi connectivity index (χ0v) is 6.32. The highest BCUT2D eigenvalue weighted by Crippen LogP contribution is 2.21. The molecule has 0 aromatic rings. The average molecular weight is 205 g/mol. The largest absolute Gasteiger partial charge is 0.480 e. The first-order chi connectivity index (χ1) is 5.24. The molecule has 0 aromatic heterocycles. The first kappa shape index (κ1) is 11.2. The lowest BCUT2D eigenvalue weighted by Gasteiger charge is -2.06. The fourth-order valence-corrected chi connectivity index (χ4v) is 0.502. The van der Waals surface area contributed by atoms with Crippen LogP contribution in [-0.4, -0.2) is 28.4 Å². The van der Waals surface area contributed by atoms with Crippen LogP contribution in [0.25, 0.3) is 0 Å². The molecular weight excluding hydrogens is 200 g/mol. The molecular formula is C5H4ClF3O3. The third-order valence-electron chi connectivity index (χ3n) is 0.874. The maximum Gasteiger partial charge on any atom is 0.395 e. The van der Waals surface area contributed by atoms with Gasteiger partial charge in [0.25, 0.3) is 0 Å². The Kier molecular flexibility index (Phi) is 3.51. The van der Waals surface area contributed by atoms with Gasteiger partial charge in [-0.25, -0.2) is 0 Å². The molecule has 12 heavy (non-hydrogen) atoms. The molecule has 0 aliphatic rings. The van der Waals surface area contributed by atoms with Crippen LogP contribution in [0.3, 0.4) is 0 Å². The first-order valence-electron chi connectivity index (χ1n) is 2.70. The molecule has 1 unspecified atom stereocenters. The Labute approximate surface area is 70.1 Å². The van der Waals surface area contributed by atoms with Crippen LogP contribution in [0.15, 0.2) is 0 Å². The van der Waals surface area contributed by atoms with Gasteiger partial charge in [-0.05, 0) is 0 Å². The van der Waals surface area contributed by atoms with E-state index >= 15 is 0 Å². The number of carbonyl (C=O) groups excluding carboxylic acids is 1. The molecule has 0 saturated heterocycles. The summed E-state index contributed by atoms with van der Waals surface area (Å²) in [4.78, 5) is 20.3. The van der Waals surface area contributed by atoms with Crippen molar-refractivity contribution in [1.29, 1.82) is 0 Å². The Bertz CT molecular complexity index is 201. The summed E-state index contributed by atoms with van der Waals surface area (Å²) >= 11 is 4.82. The molecule has 0 bridgehead atoms. The molecule has 70 valence electrons. The van der Waals surface area contributed by atoms with Gasteiger partial charge in [0.2, 0.25) is 0 Å². The summed E-state index contributed by atoms with van der Waals surface area (Å²) in [5, 5.41) is 5.91. The smallest absolute Gasteiger partial charge is 0.395 e. The predicted octanol–water partition coefficient (Wildman–Crippen LogP) is 1.20. The zero-order chi connectivity index (χ0) is 9.94. The molecule has 0 aliphatic heterocycles. The summed E-state index contributed by atoms with van der Waals surface area (Å²) in [6.07, 6.45) is -6.52.